The molecule has 3 N–H and O–H groups in total. The van der Waals surface area contributed by atoms with Gasteiger partial charge in [-0.05, 0) is 25.1 Å². The van der Waals surface area contributed by atoms with E-state index in [1.165, 1.54) is 0 Å². The molecule has 1 rings (SSSR count). The molecule has 0 bridgehead atoms. The van der Waals surface area contributed by atoms with Crippen LogP contribution in [0.4, 0.5) is 8.78 Å². The van der Waals surface area contributed by atoms with Crippen molar-refractivity contribution in [3.8, 4) is 0 Å². The Morgan fingerprint density at radius 2 is 2.05 bits per heavy atom. The number of rotatable bonds is 5. The highest BCUT2D eigenvalue weighted by Crippen LogP contribution is 2.10. The molecule has 0 atom stereocenters. The van der Waals surface area contributed by atoms with Crippen LogP contribution in [0.5, 0.6) is 0 Å². The zero-order valence-electron chi connectivity index (χ0n) is 10.6. The predicted molar refractivity (Wildman–Crippen MR) is 81.7 cm³/mol. The van der Waals surface area contributed by atoms with Gasteiger partial charge in [-0.1, -0.05) is 0 Å². The van der Waals surface area contributed by atoms with Crippen molar-refractivity contribution in [2.24, 2.45) is 4.99 Å². The van der Waals surface area contributed by atoms with E-state index < -0.39 is 11.6 Å². The molecule has 0 heterocycles. The first kappa shape index (κ1) is 18.0. The second-order valence-corrected chi connectivity index (χ2v) is 3.58. The first-order valence-corrected chi connectivity index (χ1v) is 5.74. The molecule has 0 amide bonds. The molecule has 4 nitrogen and oxygen atoms in total. The van der Waals surface area contributed by atoms with E-state index in [1.807, 2.05) is 6.92 Å². The van der Waals surface area contributed by atoms with Crippen LogP contribution in [0.3, 0.4) is 0 Å². The number of hydrogen-bond acceptors (Lipinski definition) is 2. The molecule has 7 heteroatoms. The standard InChI is InChI=1S/C12H17F2N3O.HI/c1-2-15-12(16-5-6-18)17-8-9-7-10(13)3-4-11(9)14;/h3-4,7,18H,2,5-6,8H2,1H3,(H2,15,16,17);1H. The molecule has 0 unspecified atom stereocenters. The third-order valence-electron chi connectivity index (χ3n) is 2.16. The van der Waals surface area contributed by atoms with Gasteiger partial charge in [0.2, 0.25) is 0 Å². The Bertz CT molecular complexity index is 416. The maximum absolute atomic E-state index is 13.3. The monoisotopic (exact) mass is 385 g/mol. The van der Waals surface area contributed by atoms with Gasteiger partial charge in [0.1, 0.15) is 11.6 Å². The van der Waals surface area contributed by atoms with E-state index in [1.54, 1.807) is 0 Å². The lowest BCUT2D eigenvalue weighted by atomic mass is 10.2. The largest absolute Gasteiger partial charge is 0.395 e. The van der Waals surface area contributed by atoms with E-state index in [4.69, 9.17) is 5.11 Å². The van der Waals surface area contributed by atoms with Crippen molar-refractivity contribution in [2.45, 2.75) is 13.5 Å². The van der Waals surface area contributed by atoms with Crippen molar-refractivity contribution < 1.29 is 13.9 Å². The van der Waals surface area contributed by atoms with Crippen molar-refractivity contribution in [1.82, 2.24) is 10.6 Å². The SMILES string of the molecule is CCNC(=NCc1cc(F)ccc1F)NCCO.I. The summed E-state index contributed by atoms with van der Waals surface area (Å²) in [5.74, 6) is -0.525. The minimum atomic E-state index is -0.491. The fraction of sp³-hybridized carbons (Fsp3) is 0.417. The minimum Gasteiger partial charge on any atom is -0.395 e. The Labute approximate surface area is 128 Å². The highest BCUT2D eigenvalue weighted by molar-refractivity contribution is 14.0. The number of halogens is 3. The van der Waals surface area contributed by atoms with Crippen LogP contribution in [0.15, 0.2) is 23.2 Å². The molecule has 0 aromatic heterocycles. The summed E-state index contributed by atoms with van der Waals surface area (Å²) in [5.41, 5.74) is 0.191. The molecule has 0 saturated carbocycles. The lowest BCUT2D eigenvalue weighted by Crippen LogP contribution is -2.38. The van der Waals surface area contributed by atoms with Crippen LogP contribution in [0.2, 0.25) is 0 Å². The molecule has 0 radical (unpaired) electrons. The predicted octanol–water partition coefficient (Wildman–Crippen LogP) is 1.63. The smallest absolute Gasteiger partial charge is 0.191 e. The van der Waals surface area contributed by atoms with Crippen molar-refractivity contribution in [3.05, 3.63) is 35.4 Å². The molecule has 1 aromatic rings. The number of aliphatic imine (C=N–C) groups is 1. The number of aliphatic hydroxyl groups excluding tert-OH is 1. The van der Waals surface area contributed by atoms with E-state index in [-0.39, 0.29) is 42.7 Å². The van der Waals surface area contributed by atoms with Crippen molar-refractivity contribution >= 4 is 29.9 Å². The summed E-state index contributed by atoms with van der Waals surface area (Å²) < 4.78 is 26.3. The summed E-state index contributed by atoms with van der Waals surface area (Å²) in [4.78, 5) is 4.10. The van der Waals surface area contributed by atoms with Gasteiger partial charge in [-0.2, -0.15) is 0 Å². The fourth-order valence-electron chi connectivity index (χ4n) is 1.34. The van der Waals surface area contributed by atoms with Gasteiger partial charge in [0.05, 0.1) is 13.2 Å². The van der Waals surface area contributed by atoms with Crippen LogP contribution < -0.4 is 10.6 Å². The average molecular weight is 385 g/mol. The Kier molecular flexibility index (Phi) is 9.40. The average Bonchev–Trinajstić information content (AvgIpc) is 2.36. The number of hydrogen-bond donors (Lipinski definition) is 3. The van der Waals surface area contributed by atoms with Gasteiger partial charge in [-0.15, -0.1) is 24.0 Å². The van der Waals surface area contributed by atoms with Gasteiger partial charge >= 0.3 is 0 Å². The maximum atomic E-state index is 13.3. The van der Waals surface area contributed by atoms with Crippen molar-refractivity contribution in [3.63, 3.8) is 0 Å². The number of nitrogens with zero attached hydrogens (tertiary/aromatic N) is 1. The molecule has 1 aromatic carbocycles. The van der Waals surface area contributed by atoms with Gasteiger partial charge in [0.25, 0.3) is 0 Å². The van der Waals surface area contributed by atoms with Gasteiger partial charge in [-0.25, -0.2) is 13.8 Å². The summed E-state index contributed by atoms with van der Waals surface area (Å²) in [6.45, 7) is 2.88. The summed E-state index contributed by atoms with van der Waals surface area (Å²) in [6.07, 6.45) is 0. The molecule has 19 heavy (non-hydrogen) atoms. The van der Waals surface area contributed by atoms with Crippen molar-refractivity contribution in [2.75, 3.05) is 19.7 Å². The molecule has 0 aliphatic rings. The molecule has 0 saturated heterocycles. The molecular weight excluding hydrogens is 367 g/mol. The maximum Gasteiger partial charge on any atom is 0.191 e. The third kappa shape index (κ3) is 6.67. The first-order chi connectivity index (χ1) is 8.67. The van der Waals surface area contributed by atoms with Gasteiger partial charge in [0, 0.05) is 18.7 Å². The first-order valence-electron chi connectivity index (χ1n) is 5.74. The van der Waals surface area contributed by atoms with Crippen LogP contribution in [-0.4, -0.2) is 30.8 Å². The molecule has 108 valence electrons. The highest BCUT2D eigenvalue weighted by Gasteiger charge is 2.03. The third-order valence-corrected chi connectivity index (χ3v) is 2.16. The second-order valence-electron chi connectivity index (χ2n) is 3.58. The topological polar surface area (TPSA) is 56.7 Å². The Morgan fingerprint density at radius 3 is 2.68 bits per heavy atom. The lowest BCUT2D eigenvalue weighted by Gasteiger charge is -2.10. The highest BCUT2D eigenvalue weighted by atomic mass is 127. The van der Waals surface area contributed by atoms with Crippen LogP contribution in [0.1, 0.15) is 12.5 Å². The summed E-state index contributed by atoms with van der Waals surface area (Å²) in [7, 11) is 0. The molecule has 0 aliphatic heterocycles. The number of benzene rings is 1. The quantitative estimate of drug-likeness (QED) is 0.410. The normalized spacial score (nSPS) is 10.8. The number of guanidine groups is 1. The van der Waals surface area contributed by atoms with E-state index in [2.05, 4.69) is 15.6 Å². The van der Waals surface area contributed by atoms with Crippen LogP contribution in [0.25, 0.3) is 0 Å². The van der Waals surface area contributed by atoms with Gasteiger partial charge in [0.15, 0.2) is 5.96 Å². The van der Waals surface area contributed by atoms with Gasteiger partial charge < -0.3 is 15.7 Å². The van der Waals surface area contributed by atoms with Crippen LogP contribution in [0, 0.1) is 11.6 Å². The van der Waals surface area contributed by atoms with Crippen LogP contribution in [-0.2, 0) is 6.54 Å². The zero-order valence-corrected chi connectivity index (χ0v) is 12.9. The Morgan fingerprint density at radius 1 is 1.32 bits per heavy atom. The minimum absolute atomic E-state index is 0. The molecular formula is C12H18F2IN3O. The van der Waals surface area contributed by atoms with Crippen LogP contribution >= 0.6 is 24.0 Å². The second kappa shape index (κ2) is 9.90. The summed E-state index contributed by atoms with van der Waals surface area (Å²) in [5, 5.41) is 14.5. The summed E-state index contributed by atoms with van der Waals surface area (Å²) >= 11 is 0. The number of aliphatic hydroxyl groups is 1. The summed E-state index contributed by atoms with van der Waals surface area (Å²) in [6, 6.07) is 3.26. The van der Waals surface area contributed by atoms with Crippen molar-refractivity contribution in [1.29, 1.82) is 0 Å². The molecule has 0 fully saturated rings. The fourth-order valence-corrected chi connectivity index (χ4v) is 1.34. The van der Waals surface area contributed by atoms with Gasteiger partial charge in [-0.3, -0.25) is 0 Å². The molecule has 0 spiro atoms. The lowest BCUT2D eigenvalue weighted by molar-refractivity contribution is 0.300. The van der Waals surface area contributed by atoms with E-state index in [0.717, 1.165) is 18.2 Å². The van der Waals surface area contributed by atoms with E-state index in [9.17, 15) is 8.78 Å². The number of nitrogens with one attached hydrogen (secondary N) is 2. The Hall–Kier alpha value is -0.960. The molecule has 0 aliphatic carbocycles. The zero-order chi connectivity index (χ0) is 13.4. The Balaban J connectivity index is 0.00000324. The van der Waals surface area contributed by atoms with E-state index in [0.29, 0.717) is 19.0 Å². The van der Waals surface area contributed by atoms with E-state index >= 15 is 0 Å².